The number of nitrogens with one attached hydrogen (secondary N) is 1. The predicted molar refractivity (Wildman–Crippen MR) is 103 cm³/mol. The highest BCUT2D eigenvalue weighted by molar-refractivity contribution is 9.10. The number of ether oxygens (including phenoxy) is 1. The second-order valence-corrected chi connectivity index (χ2v) is 7.28. The summed E-state index contributed by atoms with van der Waals surface area (Å²) in [7, 11) is 3.03. The van der Waals surface area contributed by atoms with E-state index in [1.54, 1.807) is 31.3 Å². The molecule has 138 valence electrons. The van der Waals surface area contributed by atoms with Crippen LogP contribution in [0.3, 0.4) is 0 Å². The van der Waals surface area contributed by atoms with Crippen LogP contribution in [0.4, 0.5) is 5.69 Å². The molecule has 0 saturated heterocycles. The Balaban J connectivity index is 1.86. The molecule has 0 aliphatic heterocycles. The monoisotopic (exact) mass is 447 g/mol. The molecule has 3 aromatic rings. The van der Waals surface area contributed by atoms with Crippen molar-refractivity contribution in [1.82, 2.24) is 20.2 Å². The molecule has 8 nitrogen and oxygen atoms in total. The molecule has 10 heteroatoms. The SMILES string of the molecule is COC(=O)c1cccc(C(=O)Nc2cc(Br)ccc2Sc2nnnn2C)c1. The second kappa shape index (κ2) is 8.31. The van der Waals surface area contributed by atoms with Crippen molar-refractivity contribution in [2.45, 2.75) is 10.1 Å². The van der Waals surface area contributed by atoms with E-state index in [-0.39, 0.29) is 5.91 Å². The van der Waals surface area contributed by atoms with Crippen molar-refractivity contribution >= 4 is 45.3 Å². The van der Waals surface area contributed by atoms with Gasteiger partial charge in [0.25, 0.3) is 5.91 Å². The van der Waals surface area contributed by atoms with Crippen LogP contribution in [-0.2, 0) is 11.8 Å². The summed E-state index contributed by atoms with van der Waals surface area (Å²) >= 11 is 4.73. The Kier molecular flexibility index (Phi) is 5.87. The highest BCUT2D eigenvalue weighted by atomic mass is 79.9. The first-order valence-electron chi connectivity index (χ1n) is 7.67. The molecule has 1 amide bonds. The van der Waals surface area contributed by atoms with Gasteiger partial charge < -0.3 is 10.1 Å². The fourth-order valence-corrected chi connectivity index (χ4v) is 3.35. The molecular weight excluding hydrogens is 434 g/mol. The number of benzene rings is 2. The summed E-state index contributed by atoms with van der Waals surface area (Å²) in [6.45, 7) is 0. The first-order chi connectivity index (χ1) is 13.0. The molecule has 0 fully saturated rings. The van der Waals surface area contributed by atoms with Gasteiger partial charge >= 0.3 is 5.97 Å². The van der Waals surface area contributed by atoms with E-state index in [4.69, 9.17) is 4.74 Å². The van der Waals surface area contributed by atoms with Gasteiger partial charge in [0.15, 0.2) is 0 Å². The van der Waals surface area contributed by atoms with Crippen LogP contribution < -0.4 is 5.32 Å². The summed E-state index contributed by atoms with van der Waals surface area (Å²) in [5, 5.41) is 14.8. The van der Waals surface area contributed by atoms with Crippen LogP contribution in [0, 0.1) is 0 Å². The lowest BCUT2D eigenvalue weighted by Gasteiger charge is -2.11. The van der Waals surface area contributed by atoms with Crippen LogP contribution in [0.2, 0.25) is 0 Å². The molecule has 1 aromatic heterocycles. The van der Waals surface area contributed by atoms with Crippen molar-refractivity contribution < 1.29 is 14.3 Å². The number of tetrazole rings is 1. The Morgan fingerprint density at radius 1 is 1.19 bits per heavy atom. The van der Waals surface area contributed by atoms with Crippen LogP contribution in [0.15, 0.2) is 57.0 Å². The molecule has 3 rings (SSSR count). The van der Waals surface area contributed by atoms with Gasteiger partial charge in [0.05, 0.1) is 18.4 Å². The number of methoxy groups -OCH3 is 1. The summed E-state index contributed by atoms with van der Waals surface area (Å²) in [6.07, 6.45) is 0. The normalized spacial score (nSPS) is 10.5. The molecule has 2 aromatic carbocycles. The minimum atomic E-state index is -0.502. The van der Waals surface area contributed by atoms with Gasteiger partial charge in [0.2, 0.25) is 5.16 Å². The van der Waals surface area contributed by atoms with Crippen LogP contribution in [0.1, 0.15) is 20.7 Å². The Morgan fingerprint density at radius 2 is 1.96 bits per heavy atom. The van der Waals surface area contributed by atoms with Crippen molar-refractivity contribution in [2.24, 2.45) is 7.05 Å². The number of anilines is 1. The van der Waals surface area contributed by atoms with E-state index in [1.165, 1.54) is 29.6 Å². The molecule has 0 aliphatic carbocycles. The minimum Gasteiger partial charge on any atom is -0.465 e. The third-order valence-electron chi connectivity index (χ3n) is 3.52. The van der Waals surface area contributed by atoms with E-state index < -0.39 is 5.97 Å². The smallest absolute Gasteiger partial charge is 0.337 e. The average Bonchev–Trinajstić information content (AvgIpc) is 3.08. The molecule has 1 heterocycles. The quantitative estimate of drug-likeness (QED) is 0.599. The minimum absolute atomic E-state index is 0.305. The van der Waals surface area contributed by atoms with Gasteiger partial charge in [-0.3, -0.25) is 4.79 Å². The van der Waals surface area contributed by atoms with E-state index >= 15 is 0 Å². The molecule has 0 bridgehead atoms. The molecule has 0 atom stereocenters. The lowest BCUT2D eigenvalue weighted by atomic mass is 10.1. The van der Waals surface area contributed by atoms with Gasteiger partial charge in [-0.1, -0.05) is 22.0 Å². The number of rotatable bonds is 5. The maximum atomic E-state index is 12.7. The number of halogens is 1. The largest absolute Gasteiger partial charge is 0.465 e. The zero-order valence-electron chi connectivity index (χ0n) is 14.3. The van der Waals surface area contributed by atoms with Crippen molar-refractivity contribution in [3.63, 3.8) is 0 Å². The molecule has 0 aliphatic rings. The van der Waals surface area contributed by atoms with Gasteiger partial charge in [-0.15, -0.1) is 5.10 Å². The fourth-order valence-electron chi connectivity index (χ4n) is 2.19. The topological polar surface area (TPSA) is 99.0 Å². The number of hydrogen-bond donors (Lipinski definition) is 1. The lowest BCUT2D eigenvalue weighted by Crippen LogP contribution is -2.14. The fraction of sp³-hybridized carbons (Fsp3) is 0.118. The molecule has 27 heavy (non-hydrogen) atoms. The molecule has 0 saturated carbocycles. The second-order valence-electron chi connectivity index (χ2n) is 5.35. The summed E-state index contributed by atoms with van der Waals surface area (Å²) in [5.74, 6) is -0.852. The Morgan fingerprint density at radius 3 is 2.67 bits per heavy atom. The van der Waals surface area contributed by atoms with Gasteiger partial charge in [0, 0.05) is 22.0 Å². The number of hydrogen-bond acceptors (Lipinski definition) is 7. The van der Waals surface area contributed by atoms with Gasteiger partial charge in [0.1, 0.15) is 0 Å². The standard InChI is InChI=1S/C17H14BrN5O3S/c1-23-17(20-21-22-23)27-14-7-6-12(18)9-13(14)19-15(24)10-4-3-5-11(8-10)16(25)26-2/h3-9H,1-2H3,(H,19,24). The maximum Gasteiger partial charge on any atom is 0.337 e. The van der Waals surface area contributed by atoms with Crippen molar-refractivity contribution in [1.29, 1.82) is 0 Å². The van der Waals surface area contributed by atoms with Crippen molar-refractivity contribution in [2.75, 3.05) is 12.4 Å². The van der Waals surface area contributed by atoms with Crippen molar-refractivity contribution in [3.05, 3.63) is 58.1 Å². The van der Waals surface area contributed by atoms with Crippen LogP contribution in [-0.4, -0.2) is 39.2 Å². The number of esters is 1. The average molecular weight is 448 g/mol. The number of amides is 1. The van der Waals surface area contributed by atoms with E-state index in [1.807, 2.05) is 12.1 Å². The molecule has 0 radical (unpaired) electrons. The van der Waals surface area contributed by atoms with Gasteiger partial charge in [-0.25, -0.2) is 9.48 Å². The summed E-state index contributed by atoms with van der Waals surface area (Å²) in [4.78, 5) is 25.1. The van der Waals surface area contributed by atoms with E-state index in [0.717, 1.165) is 9.37 Å². The third-order valence-corrected chi connectivity index (χ3v) is 5.12. The van der Waals surface area contributed by atoms with E-state index in [0.29, 0.717) is 22.0 Å². The summed E-state index contributed by atoms with van der Waals surface area (Å²) in [6, 6.07) is 11.8. The first-order valence-corrected chi connectivity index (χ1v) is 9.28. The first kappa shape index (κ1) is 19.1. The van der Waals surface area contributed by atoms with Crippen LogP contribution in [0.25, 0.3) is 0 Å². The molecule has 0 unspecified atom stereocenters. The number of aryl methyl sites for hydroxylation is 1. The maximum absolute atomic E-state index is 12.7. The van der Waals surface area contributed by atoms with Crippen molar-refractivity contribution in [3.8, 4) is 0 Å². The van der Waals surface area contributed by atoms with Gasteiger partial charge in [-0.2, -0.15) is 0 Å². The van der Waals surface area contributed by atoms with Gasteiger partial charge in [-0.05, 0) is 58.6 Å². The highest BCUT2D eigenvalue weighted by Gasteiger charge is 2.15. The Labute approximate surface area is 167 Å². The molecule has 0 spiro atoms. The summed E-state index contributed by atoms with van der Waals surface area (Å²) in [5.41, 5.74) is 1.24. The Hall–Kier alpha value is -2.72. The molecular formula is C17H14BrN5O3S. The number of aromatic nitrogens is 4. The zero-order valence-corrected chi connectivity index (χ0v) is 16.7. The third kappa shape index (κ3) is 4.52. The lowest BCUT2D eigenvalue weighted by molar-refractivity contribution is 0.0600. The number of carbonyl (C=O) groups is 2. The highest BCUT2D eigenvalue weighted by Crippen LogP contribution is 2.34. The van der Waals surface area contributed by atoms with E-state index in [9.17, 15) is 9.59 Å². The van der Waals surface area contributed by atoms with Crippen LogP contribution >= 0.6 is 27.7 Å². The number of carbonyl (C=O) groups excluding carboxylic acids is 2. The molecule has 1 N–H and O–H groups in total. The zero-order chi connectivity index (χ0) is 19.4. The predicted octanol–water partition coefficient (Wildman–Crippen LogP) is 3.16. The Bertz CT molecular complexity index is 1010. The van der Waals surface area contributed by atoms with E-state index in [2.05, 4.69) is 36.8 Å². The van der Waals surface area contributed by atoms with Crippen LogP contribution in [0.5, 0.6) is 0 Å². The summed E-state index contributed by atoms with van der Waals surface area (Å²) < 4.78 is 7.04. The number of nitrogens with zero attached hydrogens (tertiary/aromatic N) is 4.